The zero-order valence-corrected chi connectivity index (χ0v) is 8.46. The molecule has 0 saturated carbocycles. The van der Waals surface area contributed by atoms with Gasteiger partial charge in [-0.25, -0.2) is 0 Å². The lowest BCUT2D eigenvalue weighted by Crippen LogP contribution is -2.21. The first-order valence-electron chi connectivity index (χ1n) is 4.59. The highest BCUT2D eigenvalue weighted by Gasteiger charge is 2.12. The van der Waals surface area contributed by atoms with Crippen molar-refractivity contribution in [1.82, 2.24) is 5.32 Å². The third kappa shape index (κ3) is 2.86. The van der Waals surface area contributed by atoms with E-state index in [2.05, 4.69) is 5.32 Å². The summed E-state index contributed by atoms with van der Waals surface area (Å²) in [5.41, 5.74) is 0. The normalized spacial score (nSPS) is 13.2. The van der Waals surface area contributed by atoms with E-state index in [0.717, 1.165) is 18.1 Å². The third-order valence-corrected chi connectivity index (χ3v) is 1.94. The van der Waals surface area contributed by atoms with Crippen LogP contribution in [0.5, 0.6) is 0 Å². The number of furan rings is 1. The van der Waals surface area contributed by atoms with Gasteiger partial charge in [0.05, 0.1) is 12.6 Å². The largest absolute Gasteiger partial charge is 0.465 e. The molecule has 0 fully saturated rings. The lowest BCUT2D eigenvalue weighted by molar-refractivity contribution is 0.118. The molecule has 74 valence electrons. The van der Waals surface area contributed by atoms with Crippen molar-refractivity contribution < 1.29 is 9.15 Å². The van der Waals surface area contributed by atoms with Crippen molar-refractivity contribution in [2.24, 2.45) is 0 Å². The third-order valence-electron chi connectivity index (χ3n) is 1.94. The molecule has 3 heteroatoms. The molecule has 0 aliphatic rings. The van der Waals surface area contributed by atoms with Crippen molar-refractivity contribution in [1.29, 1.82) is 0 Å². The summed E-state index contributed by atoms with van der Waals surface area (Å²) in [6, 6.07) is 4.11. The van der Waals surface area contributed by atoms with Crippen molar-refractivity contribution in [3.63, 3.8) is 0 Å². The molecule has 0 aromatic carbocycles. The maximum absolute atomic E-state index is 5.49. The van der Waals surface area contributed by atoms with E-state index < -0.39 is 0 Å². The van der Waals surface area contributed by atoms with Gasteiger partial charge in [0.15, 0.2) is 0 Å². The van der Waals surface area contributed by atoms with E-state index in [1.165, 1.54) is 0 Å². The van der Waals surface area contributed by atoms with Crippen molar-refractivity contribution in [3.8, 4) is 0 Å². The Hall–Kier alpha value is -0.800. The second kappa shape index (κ2) is 5.04. The summed E-state index contributed by atoms with van der Waals surface area (Å²) in [6.45, 7) is 5.31. The highest BCUT2D eigenvalue weighted by Crippen LogP contribution is 2.15. The fourth-order valence-corrected chi connectivity index (χ4v) is 1.18. The number of likely N-dealkylation sites (N-methyl/N-ethyl adjacent to an activating group) is 1. The van der Waals surface area contributed by atoms with E-state index >= 15 is 0 Å². The van der Waals surface area contributed by atoms with Crippen LogP contribution in [-0.2, 0) is 4.74 Å². The Labute approximate surface area is 79.1 Å². The minimum absolute atomic E-state index is 0.161. The molecule has 1 unspecified atom stereocenters. The Morgan fingerprint density at radius 2 is 2.31 bits per heavy atom. The Balaban J connectivity index is 2.56. The summed E-state index contributed by atoms with van der Waals surface area (Å²) in [6.07, 6.45) is 0. The molecule has 1 atom stereocenters. The van der Waals surface area contributed by atoms with Gasteiger partial charge < -0.3 is 14.5 Å². The zero-order valence-electron chi connectivity index (χ0n) is 8.46. The Bertz CT molecular complexity index is 245. The summed E-state index contributed by atoms with van der Waals surface area (Å²) in [4.78, 5) is 0. The van der Waals surface area contributed by atoms with E-state index in [4.69, 9.17) is 9.15 Å². The van der Waals surface area contributed by atoms with Crippen LogP contribution < -0.4 is 5.32 Å². The van der Waals surface area contributed by atoms with Crippen LogP contribution in [0.3, 0.4) is 0 Å². The Morgan fingerprint density at radius 1 is 1.54 bits per heavy atom. The highest BCUT2D eigenvalue weighted by molar-refractivity contribution is 5.09. The number of aryl methyl sites for hydroxylation is 1. The standard InChI is InChI=1S/C10H17NO2/c1-4-12-7-9(11-3)10-6-5-8(2)13-10/h5-6,9,11H,4,7H2,1-3H3. The van der Waals surface area contributed by atoms with Gasteiger partial charge in [0.1, 0.15) is 11.5 Å². The van der Waals surface area contributed by atoms with Crippen LogP contribution in [0.2, 0.25) is 0 Å². The minimum atomic E-state index is 0.161. The quantitative estimate of drug-likeness (QED) is 0.757. The molecule has 0 spiro atoms. The number of rotatable bonds is 5. The fraction of sp³-hybridized carbons (Fsp3) is 0.600. The zero-order chi connectivity index (χ0) is 9.68. The summed E-state index contributed by atoms with van der Waals surface area (Å²) >= 11 is 0. The van der Waals surface area contributed by atoms with Crippen molar-refractivity contribution in [3.05, 3.63) is 23.7 Å². The molecule has 1 aromatic rings. The van der Waals surface area contributed by atoms with Crippen LogP contribution in [0, 0.1) is 6.92 Å². The van der Waals surface area contributed by atoms with Gasteiger partial charge in [-0.15, -0.1) is 0 Å². The van der Waals surface area contributed by atoms with E-state index in [1.807, 2.05) is 33.0 Å². The minimum Gasteiger partial charge on any atom is -0.465 e. The first-order valence-corrected chi connectivity index (χ1v) is 4.59. The van der Waals surface area contributed by atoms with Gasteiger partial charge >= 0.3 is 0 Å². The summed E-state index contributed by atoms with van der Waals surface area (Å²) in [7, 11) is 1.90. The predicted octanol–water partition coefficient (Wildman–Crippen LogP) is 1.89. The lowest BCUT2D eigenvalue weighted by Gasteiger charge is -2.12. The second-order valence-electron chi connectivity index (χ2n) is 2.95. The van der Waals surface area contributed by atoms with Crippen LogP contribution in [0.25, 0.3) is 0 Å². The van der Waals surface area contributed by atoms with Gasteiger partial charge in [-0.3, -0.25) is 0 Å². The number of ether oxygens (including phenoxy) is 1. The molecule has 0 bridgehead atoms. The molecular weight excluding hydrogens is 166 g/mol. The number of nitrogens with one attached hydrogen (secondary N) is 1. The maximum atomic E-state index is 5.49. The summed E-state index contributed by atoms with van der Waals surface area (Å²) in [5, 5.41) is 3.15. The van der Waals surface area contributed by atoms with Gasteiger partial charge in [-0.1, -0.05) is 0 Å². The van der Waals surface area contributed by atoms with Crippen molar-refractivity contribution in [2.75, 3.05) is 20.3 Å². The maximum Gasteiger partial charge on any atom is 0.123 e. The van der Waals surface area contributed by atoms with Crippen LogP contribution >= 0.6 is 0 Å². The van der Waals surface area contributed by atoms with Gasteiger partial charge in [0, 0.05) is 6.61 Å². The molecular formula is C10H17NO2. The Morgan fingerprint density at radius 3 is 2.77 bits per heavy atom. The molecule has 0 saturated heterocycles. The molecule has 13 heavy (non-hydrogen) atoms. The smallest absolute Gasteiger partial charge is 0.123 e. The Kier molecular flexibility index (Phi) is 3.99. The lowest BCUT2D eigenvalue weighted by atomic mass is 10.2. The molecule has 1 N–H and O–H groups in total. The van der Waals surface area contributed by atoms with E-state index in [9.17, 15) is 0 Å². The van der Waals surface area contributed by atoms with Gasteiger partial charge in [0.25, 0.3) is 0 Å². The molecule has 0 aliphatic heterocycles. The molecule has 1 heterocycles. The average molecular weight is 183 g/mol. The second-order valence-corrected chi connectivity index (χ2v) is 2.95. The molecule has 0 radical (unpaired) electrons. The van der Waals surface area contributed by atoms with Crippen LogP contribution in [0.1, 0.15) is 24.5 Å². The van der Waals surface area contributed by atoms with Gasteiger partial charge in [-0.05, 0) is 33.0 Å². The van der Waals surface area contributed by atoms with Crippen molar-refractivity contribution >= 4 is 0 Å². The fourth-order valence-electron chi connectivity index (χ4n) is 1.18. The van der Waals surface area contributed by atoms with Crippen LogP contribution in [0.4, 0.5) is 0 Å². The average Bonchev–Trinajstić information content (AvgIpc) is 2.54. The topological polar surface area (TPSA) is 34.4 Å². The van der Waals surface area contributed by atoms with Gasteiger partial charge in [0.2, 0.25) is 0 Å². The van der Waals surface area contributed by atoms with Gasteiger partial charge in [-0.2, -0.15) is 0 Å². The summed E-state index contributed by atoms with van der Waals surface area (Å²) < 4.78 is 10.8. The summed E-state index contributed by atoms with van der Waals surface area (Å²) in [5.74, 6) is 1.88. The molecule has 0 aliphatic carbocycles. The SMILES string of the molecule is CCOCC(NC)c1ccc(C)o1. The first kappa shape index (κ1) is 10.3. The highest BCUT2D eigenvalue weighted by atomic mass is 16.5. The number of hydrogen-bond acceptors (Lipinski definition) is 3. The van der Waals surface area contributed by atoms with E-state index in [1.54, 1.807) is 0 Å². The number of hydrogen-bond donors (Lipinski definition) is 1. The molecule has 1 rings (SSSR count). The van der Waals surface area contributed by atoms with E-state index in [0.29, 0.717) is 6.61 Å². The molecule has 3 nitrogen and oxygen atoms in total. The van der Waals surface area contributed by atoms with E-state index in [-0.39, 0.29) is 6.04 Å². The molecule has 1 aromatic heterocycles. The van der Waals surface area contributed by atoms with Crippen molar-refractivity contribution in [2.45, 2.75) is 19.9 Å². The predicted molar refractivity (Wildman–Crippen MR) is 51.7 cm³/mol. The molecule has 0 amide bonds. The van der Waals surface area contributed by atoms with Crippen LogP contribution in [-0.4, -0.2) is 20.3 Å². The first-order chi connectivity index (χ1) is 6.27. The monoisotopic (exact) mass is 183 g/mol. The van der Waals surface area contributed by atoms with Crippen LogP contribution in [0.15, 0.2) is 16.5 Å².